The molecule has 1 N–H and O–H groups in total. The van der Waals surface area contributed by atoms with E-state index in [1.165, 1.54) is 6.07 Å². The highest BCUT2D eigenvalue weighted by Gasteiger charge is 1.87. The number of hydrogen-bond acceptors (Lipinski definition) is 1. The van der Waals surface area contributed by atoms with Crippen LogP contribution in [0.5, 0.6) is 5.75 Å². The predicted octanol–water partition coefficient (Wildman–Crippen LogP) is 0.827. The van der Waals surface area contributed by atoms with Gasteiger partial charge < -0.3 is 10.1 Å². The van der Waals surface area contributed by atoms with Crippen LogP contribution in [0.1, 0.15) is 5.69 Å². The summed E-state index contributed by atoms with van der Waals surface area (Å²) >= 11 is 5.34. The molecule has 0 amide bonds. The molecule has 44 valence electrons. The summed E-state index contributed by atoms with van der Waals surface area (Å²) in [6.45, 7) is 0. The van der Waals surface area contributed by atoms with Gasteiger partial charge in [0, 0.05) is 11.9 Å². The first-order chi connectivity index (χ1) is 3.84. The molecular weight excluding hydrogens is 126 g/mol. The number of hydrogen-bond donors (Lipinski definition) is 1. The van der Waals surface area contributed by atoms with Gasteiger partial charge in [-0.05, 0) is 0 Å². The molecule has 3 heteroatoms. The Bertz CT molecular complexity index is 173. The fourth-order valence-electron chi connectivity index (χ4n) is 0.494. The minimum atomic E-state index is -0.0139. The predicted molar refractivity (Wildman–Crippen MR) is 29.8 cm³/mol. The molecule has 0 fully saturated rings. The average Bonchev–Trinajstić information content (AvgIpc) is 2.14. The van der Waals surface area contributed by atoms with Crippen molar-refractivity contribution in [2.75, 3.05) is 0 Å². The SMILES string of the molecule is [O-]c1cc[nH]c1CCl. The number of nitrogens with one attached hydrogen (secondary N) is 1. The first-order valence-corrected chi connectivity index (χ1v) is 2.77. The van der Waals surface area contributed by atoms with Crippen LogP contribution in [0.3, 0.4) is 0 Å². The molecule has 1 aromatic rings. The van der Waals surface area contributed by atoms with Crippen LogP contribution in [-0.2, 0) is 5.88 Å². The highest BCUT2D eigenvalue weighted by atomic mass is 35.5. The van der Waals surface area contributed by atoms with E-state index < -0.39 is 0 Å². The topological polar surface area (TPSA) is 38.8 Å². The van der Waals surface area contributed by atoms with Crippen LogP contribution in [0.2, 0.25) is 0 Å². The van der Waals surface area contributed by atoms with E-state index in [2.05, 4.69) is 4.98 Å². The van der Waals surface area contributed by atoms with Gasteiger partial charge in [-0.3, -0.25) is 0 Å². The maximum Gasteiger partial charge on any atom is 0.0618 e. The summed E-state index contributed by atoms with van der Waals surface area (Å²) in [6, 6.07) is 1.46. The van der Waals surface area contributed by atoms with Crippen molar-refractivity contribution < 1.29 is 5.11 Å². The largest absolute Gasteiger partial charge is 0.871 e. The first kappa shape index (κ1) is 5.51. The first-order valence-electron chi connectivity index (χ1n) is 2.24. The smallest absolute Gasteiger partial charge is 0.0618 e. The van der Waals surface area contributed by atoms with Gasteiger partial charge in [0.1, 0.15) is 0 Å². The molecule has 1 rings (SSSR count). The summed E-state index contributed by atoms with van der Waals surface area (Å²) in [4.78, 5) is 2.71. The standard InChI is InChI=1S/C5H6ClNO/c6-3-4-5(8)1-2-7-4/h1-2,7-8H,3H2/p-1. The lowest BCUT2D eigenvalue weighted by Crippen LogP contribution is -1.90. The molecule has 0 aliphatic carbocycles. The summed E-state index contributed by atoms with van der Waals surface area (Å²) in [6.07, 6.45) is 1.58. The van der Waals surface area contributed by atoms with Gasteiger partial charge in [0.25, 0.3) is 0 Å². The van der Waals surface area contributed by atoms with E-state index in [-0.39, 0.29) is 11.6 Å². The lowest BCUT2D eigenvalue weighted by Gasteiger charge is -2.00. The summed E-state index contributed by atoms with van der Waals surface area (Å²) in [5, 5.41) is 10.5. The molecule has 1 heterocycles. The van der Waals surface area contributed by atoms with Crippen molar-refractivity contribution in [3.8, 4) is 5.75 Å². The van der Waals surface area contributed by atoms with E-state index in [0.717, 1.165) is 0 Å². The number of aromatic nitrogens is 1. The molecule has 0 aliphatic rings. The van der Waals surface area contributed by atoms with Crippen LogP contribution in [0.15, 0.2) is 12.3 Å². The number of rotatable bonds is 1. The van der Waals surface area contributed by atoms with Crippen molar-refractivity contribution in [1.29, 1.82) is 0 Å². The van der Waals surface area contributed by atoms with Crippen LogP contribution in [0, 0.1) is 0 Å². The van der Waals surface area contributed by atoms with Crippen LogP contribution < -0.4 is 5.11 Å². The molecule has 0 atom stereocenters. The molecular formula is C5H5ClNO-. The Labute approximate surface area is 52.1 Å². The second-order valence-corrected chi connectivity index (χ2v) is 1.72. The average molecular weight is 131 g/mol. The Morgan fingerprint density at radius 3 is 2.75 bits per heavy atom. The second kappa shape index (κ2) is 2.09. The monoisotopic (exact) mass is 130 g/mol. The van der Waals surface area contributed by atoms with Crippen molar-refractivity contribution in [1.82, 2.24) is 4.98 Å². The van der Waals surface area contributed by atoms with Gasteiger partial charge in [-0.15, -0.1) is 11.6 Å². The van der Waals surface area contributed by atoms with Gasteiger partial charge in [0.05, 0.1) is 5.88 Å². The molecule has 0 unspecified atom stereocenters. The van der Waals surface area contributed by atoms with Gasteiger partial charge in [0.15, 0.2) is 0 Å². The number of aromatic amines is 1. The number of alkyl halides is 1. The van der Waals surface area contributed by atoms with Crippen molar-refractivity contribution in [2.24, 2.45) is 0 Å². The molecule has 0 saturated heterocycles. The third-order valence-electron chi connectivity index (χ3n) is 0.923. The van der Waals surface area contributed by atoms with E-state index in [1.54, 1.807) is 6.20 Å². The van der Waals surface area contributed by atoms with Crippen molar-refractivity contribution >= 4 is 11.6 Å². The van der Waals surface area contributed by atoms with Crippen molar-refractivity contribution in [2.45, 2.75) is 5.88 Å². The van der Waals surface area contributed by atoms with Gasteiger partial charge in [-0.1, -0.05) is 11.8 Å². The second-order valence-electron chi connectivity index (χ2n) is 1.45. The zero-order chi connectivity index (χ0) is 5.98. The fourth-order valence-corrected chi connectivity index (χ4v) is 0.703. The summed E-state index contributed by atoms with van der Waals surface area (Å²) < 4.78 is 0. The van der Waals surface area contributed by atoms with E-state index in [0.29, 0.717) is 5.69 Å². The Morgan fingerprint density at radius 1 is 1.75 bits per heavy atom. The van der Waals surface area contributed by atoms with E-state index in [4.69, 9.17) is 11.6 Å². The number of halogens is 1. The molecule has 0 aromatic carbocycles. The molecule has 1 aromatic heterocycles. The van der Waals surface area contributed by atoms with E-state index in [9.17, 15) is 5.11 Å². The molecule has 0 radical (unpaired) electrons. The molecule has 2 nitrogen and oxygen atoms in total. The Kier molecular flexibility index (Phi) is 1.44. The minimum absolute atomic E-state index is 0.0139. The zero-order valence-electron chi connectivity index (χ0n) is 4.15. The molecule has 0 saturated carbocycles. The lowest BCUT2D eigenvalue weighted by molar-refractivity contribution is -0.269. The van der Waals surface area contributed by atoms with Crippen molar-refractivity contribution in [3.05, 3.63) is 18.0 Å². The minimum Gasteiger partial charge on any atom is -0.871 e. The van der Waals surface area contributed by atoms with Crippen LogP contribution in [0.25, 0.3) is 0 Å². The fraction of sp³-hybridized carbons (Fsp3) is 0.200. The van der Waals surface area contributed by atoms with Gasteiger partial charge in [-0.2, -0.15) is 0 Å². The van der Waals surface area contributed by atoms with E-state index in [1.807, 2.05) is 0 Å². The lowest BCUT2D eigenvalue weighted by atomic mass is 10.4. The third-order valence-corrected chi connectivity index (χ3v) is 1.19. The molecule has 8 heavy (non-hydrogen) atoms. The summed E-state index contributed by atoms with van der Waals surface area (Å²) in [5.74, 6) is 0.256. The zero-order valence-corrected chi connectivity index (χ0v) is 4.90. The molecule has 0 spiro atoms. The summed E-state index contributed by atoms with van der Waals surface area (Å²) in [5.41, 5.74) is 0.562. The molecule has 0 aliphatic heterocycles. The van der Waals surface area contributed by atoms with Crippen LogP contribution in [0.4, 0.5) is 0 Å². The van der Waals surface area contributed by atoms with E-state index >= 15 is 0 Å². The van der Waals surface area contributed by atoms with Crippen LogP contribution >= 0.6 is 11.6 Å². The number of H-pyrrole nitrogens is 1. The summed E-state index contributed by atoms with van der Waals surface area (Å²) in [7, 11) is 0. The maximum atomic E-state index is 10.5. The molecule has 0 bridgehead atoms. The van der Waals surface area contributed by atoms with Gasteiger partial charge in [0.2, 0.25) is 0 Å². The van der Waals surface area contributed by atoms with Gasteiger partial charge in [-0.25, -0.2) is 0 Å². The maximum absolute atomic E-state index is 10.5. The van der Waals surface area contributed by atoms with Gasteiger partial charge >= 0.3 is 0 Å². The highest BCUT2D eigenvalue weighted by Crippen LogP contribution is 2.11. The van der Waals surface area contributed by atoms with Crippen LogP contribution in [-0.4, -0.2) is 4.98 Å². The highest BCUT2D eigenvalue weighted by molar-refractivity contribution is 6.17. The quantitative estimate of drug-likeness (QED) is 0.562. The normalized spacial score (nSPS) is 9.62. The Morgan fingerprint density at radius 2 is 2.50 bits per heavy atom. The Balaban J connectivity index is 2.92. The third kappa shape index (κ3) is 0.793. The Hall–Kier alpha value is -0.630. The van der Waals surface area contributed by atoms with Crippen molar-refractivity contribution in [3.63, 3.8) is 0 Å².